The van der Waals surface area contributed by atoms with Gasteiger partial charge in [0, 0.05) is 24.3 Å². The summed E-state index contributed by atoms with van der Waals surface area (Å²) in [5.41, 5.74) is 1.02. The highest BCUT2D eigenvalue weighted by molar-refractivity contribution is 5.42. The van der Waals surface area contributed by atoms with E-state index in [1.165, 1.54) is 38.5 Å². The van der Waals surface area contributed by atoms with Crippen molar-refractivity contribution in [2.45, 2.75) is 65.3 Å². The van der Waals surface area contributed by atoms with Gasteiger partial charge in [0.2, 0.25) is 5.95 Å². The van der Waals surface area contributed by atoms with E-state index < -0.39 is 0 Å². The van der Waals surface area contributed by atoms with Crippen LogP contribution in [0.15, 0.2) is 6.07 Å². The van der Waals surface area contributed by atoms with Crippen molar-refractivity contribution in [3.05, 3.63) is 11.8 Å². The van der Waals surface area contributed by atoms with Crippen molar-refractivity contribution in [3.63, 3.8) is 0 Å². The molecule has 1 aliphatic rings. The molecule has 1 saturated carbocycles. The predicted octanol–water partition coefficient (Wildman–Crippen LogP) is 3.99. The van der Waals surface area contributed by atoms with Crippen molar-refractivity contribution < 1.29 is 0 Å². The first-order chi connectivity index (χ1) is 9.63. The molecule has 1 aromatic heterocycles. The summed E-state index contributed by atoms with van der Waals surface area (Å²) >= 11 is 0. The van der Waals surface area contributed by atoms with Crippen molar-refractivity contribution >= 4 is 11.8 Å². The third kappa shape index (κ3) is 4.99. The zero-order chi connectivity index (χ0) is 14.4. The topological polar surface area (TPSA) is 49.8 Å². The van der Waals surface area contributed by atoms with Gasteiger partial charge in [-0.25, -0.2) is 4.98 Å². The smallest absolute Gasteiger partial charge is 0.225 e. The van der Waals surface area contributed by atoms with Gasteiger partial charge < -0.3 is 10.6 Å². The van der Waals surface area contributed by atoms with Crippen LogP contribution in [0, 0.1) is 12.8 Å². The van der Waals surface area contributed by atoms with Gasteiger partial charge in [0.25, 0.3) is 0 Å². The van der Waals surface area contributed by atoms with Gasteiger partial charge in [0.1, 0.15) is 5.82 Å². The van der Waals surface area contributed by atoms with E-state index in [-0.39, 0.29) is 0 Å². The van der Waals surface area contributed by atoms with Gasteiger partial charge in [0.05, 0.1) is 0 Å². The maximum atomic E-state index is 4.60. The van der Waals surface area contributed by atoms with Crippen molar-refractivity contribution in [3.8, 4) is 0 Å². The molecule has 20 heavy (non-hydrogen) atoms. The Morgan fingerprint density at radius 2 is 1.85 bits per heavy atom. The zero-order valence-corrected chi connectivity index (χ0v) is 13.1. The second kappa shape index (κ2) is 7.46. The van der Waals surface area contributed by atoms with Gasteiger partial charge in [-0.1, -0.05) is 39.5 Å². The average molecular weight is 276 g/mol. The molecule has 0 aromatic carbocycles. The molecule has 0 aliphatic heterocycles. The van der Waals surface area contributed by atoms with Crippen molar-refractivity contribution in [2.24, 2.45) is 5.92 Å². The molecule has 0 bridgehead atoms. The molecule has 0 atom stereocenters. The van der Waals surface area contributed by atoms with Crippen LogP contribution < -0.4 is 10.6 Å². The molecule has 0 spiro atoms. The Morgan fingerprint density at radius 3 is 2.50 bits per heavy atom. The Morgan fingerprint density at radius 1 is 1.15 bits per heavy atom. The summed E-state index contributed by atoms with van der Waals surface area (Å²) in [5.74, 6) is 2.33. The lowest BCUT2D eigenvalue weighted by atomic mass is 10.1. The first-order valence-electron chi connectivity index (χ1n) is 7.99. The molecule has 0 saturated heterocycles. The molecule has 4 heteroatoms. The van der Waals surface area contributed by atoms with Crippen LogP contribution in [0.2, 0.25) is 0 Å². The molecule has 1 heterocycles. The van der Waals surface area contributed by atoms with Crippen LogP contribution in [0.5, 0.6) is 0 Å². The molecule has 0 unspecified atom stereocenters. The fourth-order valence-electron chi connectivity index (χ4n) is 2.64. The zero-order valence-electron chi connectivity index (χ0n) is 13.1. The molecule has 0 amide bonds. The van der Waals surface area contributed by atoms with Crippen molar-refractivity contribution in [1.29, 1.82) is 0 Å². The van der Waals surface area contributed by atoms with Gasteiger partial charge in [0.15, 0.2) is 0 Å². The van der Waals surface area contributed by atoms with E-state index in [4.69, 9.17) is 0 Å². The molecule has 2 rings (SSSR count). The minimum absolute atomic E-state index is 0.539. The van der Waals surface area contributed by atoms with Crippen LogP contribution in [-0.4, -0.2) is 22.6 Å². The SMILES string of the molecule is Cc1cc(NCC(C)C)nc(NC2CCCCCC2)n1. The molecular formula is C16H28N4. The van der Waals surface area contributed by atoms with E-state index in [1.54, 1.807) is 0 Å². The Hall–Kier alpha value is -1.32. The lowest BCUT2D eigenvalue weighted by molar-refractivity contribution is 0.614. The van der Waals surface area contributed by atoms with Crippen LogP contribution in [0.3, 0.4) is 0 Å². The second-order valence-electron chi connectivity index (χ2n) is 6.33. The number of aromatic nitrogens is 2. The number of hydrogen-bond donors (Lipinski definition) is 2. The van der Waals surface area contributed by atoms with Gasteiger partial charge in [-0.15, -0.1) is 0 Å². The molecule has 0 radical (unpaired) electrons. The summed E-state index contributed by atoms with van der Waals surface area (Å²) in [6.45, 7) is 7.37. The van der Waals surface area contributed by atoms with E-state index in [0.29, 0.717) is 12.0 Å². The van der Waals surface area contributed by atoms with E-state index in [2.05, 4.69) is 34.4 Å². The maximum Gasteiger partial charge on any atom is 0.225 e. The van der Waals surface area contributed by atoms with Crippen LogP contribution in [0.4, 0.5) is 11.8 Å². The molecule has 112 valence electrons. The van der Waals surface area contributed by atoms with Crippen LogP contribution in [0.25, 0.3) is 0 Å². The van der Waals surface area contributed by atoms with E-state index in [1.807, 2.05) is 13.0 Å². The number of rotatable bonds is 5. The monoisotopic (exact) mass is 276 g/mol. The highest BCUT2D eigenvalue weighted by Crippen LogP contribution is 2.20. The lowest BCUT2D eigenvalue weighted by Crippen LogP contribution is -2.20. The van der Waals surface area contributed by atoms with Gasteiger partial charge in [-0.2, -0.15) is 4.98 Å². The summed E-state index contributed by atoms with van der Waals surface area (Å²) in [7, 11) is 0. The van der Waals surface area contributed by atoms with Gasteiger partial charge >= 0.3 is 0 Å². The number of aryl methyl sites for hydroxylation is 1. The van der Waals surface area contributed by atoms with Crippen LogP contribution in [0.1, 0.15) is 58.1 Å². The summed E-state index contributed by atoms with van der Waals surface area (Å²) in [5, 5.41) is 6.91. The predicted molar refractivity (Wildman–Crippen MR) is 85.2 cm³/mol. The Bertz CT molecular complexity index is 409. The molecule has 1 aromatic rings. The molecular weight excluding hydrogens is 248 g/mol. The Kier molecular flexibility index (Phi) is 5.62. The summed E-state index contributed by atoms with van der Waals surface area (Å²) in [6.07, 6.45) is 7.87. The standard InChI is InChI=1S/C16H28N4/c1-12(2)11-17-15-10-13(3)18-16(20-15)19-14-8-6-4-5-7-9-14/h10,12,14H,4-9,11H2,1-3H3,(H2,17,18,19,20). The third-order valence-electron chi connectivity index (χ3n) is 3.73. The number of anilines is 2. The minimum Gasteiger partial charge on any atom is -0.370 e. The molecule has 4 nitrogen and oxygen atoms in total. The number of nitrogens with zero attached hydrogens (tertiary/aromatic N) is 2. The lowest BCUT2D eigenvalue weighted by Gasteiger charge is -2.17. The van der Waals surface area contributed by atoms with Crippen molar-refractivity contribution in [1.82, 2.24) is 9.97 Å². The normalized spacial score (nSPS) is 17.0. The number of hydrogen-bond acceptors (Lipinski definition) is 4. The average Bonchev–Trinajstić information content (AvgIpc) is 2.64. The van der Waals surface area contributed by atoms with Gasteiger partial charge in [-0.05, 0) is 25.7 Å². The largest absolute Gasteiger partial charge is 0.370 e. The quantitative estimate of drug-likeness (QED) is 0.798. The van der Waals surface area contributed by atoms with Crippen molar-refractivity contribution in [2.75, 3.05) is 17.2 Å². The first-order valence-corrected chi connectivity index (χ1v) is 7.99. The third-order valence-corrected chi connectivity index (χ3v) is 3.73. The van der Waals surface area contributed by atoms with Gasteiger partial charge in [-0.3, -0.25) is 0 Å². The molecule has 1 fully saturated rings. The Labute approximate surface area is 122 Å². The fourth-order valence-corrected chi connectivity index (χ4v) is 2.64. The minimum atomic E-state index is 0.539. The van der Waals surface area contributed by atoms with Crippen LogP contribution >= 0.6 is 0 Å². The van der Waals surface area contributed by atoms with E-state index in [9.17, 15) is 0 Å². The maximum absolute atomic E-state index is 4.60. The Balaban J connectivity index is 1.99. The highest BCUT2D eigenvalue weighted by atomic mass is 15.2. The molecule has 1 aliphatic carbocycles. The summed E-state index contributed by atoms with van der Waals surface area (Å²) in [6, 6.07) is 2.55. The van der Waals surface area contributed by atoms with E-state index in [0.717, 1.165) is 24.0 Å². The van der Waals surface area contributed by atoms with Crippen LogP contribution in [-0.2, 0) is 0 Å². The molecule has 2 N–H and O–H groups in total. The number of nitrogens with one attached hydrogen (secondary N) is 2. The van der Waals surface area contributed by atoms with E-state index >= 15 is 0 Å². The summed E-state index contributed by atoms with van der Waals surface area (Å²) in [4.78, 5) is 9.12. The summed E-state index contributed by atoms with van der Waals surface area (Å²) < 4.78 is 0. The fraction of sp³-hybridized carbons (Fsp3) is 0.750. The first kappa shape index (κ1) is 15.1. The second-order valence-corrected chi connectivity index (χ2v) is 6.33. The highest BCUT2D eigenvalue weighted by Gasteiger charge is 2.13.